The molecule has 0 bridgehead atoms. The molecule has 0 saturated carbocycles. The number of nitrogens with zero attached hydrogens (tertiary/aromatic N) is 4. The fourth-order valence-corrected chi connectivity index (χ4v) is 4.20. The number of hydrogen-bond acceptors (Lipinski definition) is 7. The molecule has 1 aliphatic rings. The zero-order valence-electron chi connectivity index (χ0n) is 16.5. The Balaban J connectivity index is 1.63. The van der Waals surface area contributed by atoms with Crippen LogP contribution in [0.1, 0.15) is 16.9 Å². The topological polar surface area (TPSA) is 118 Å². The Morgan fingerprint density at radius 3 is 2.77 bits per heavy atom. The Morgan fingerprint density at radius 2 is 2.03 bits per heavy atom. The standard InChI is InChI=1S/C19H19F2N7O2S/c1-27-19(28-8-7-23-6-5-13(28)29)12(9-24-27)25-17(30)15-16(22)31-18(26-15)14-10(20)3-2-4-11(14)21/h2-4,9,23H,5-8,22H2,1H3,(H,25,30). The van der Waals surface area contributed by atoms with Crippen molar-refractivity contribution in [3.63, 3.8) is 0 Å². The third-order valence-corrected chi connectivity index (χ3v) is 5.69. The van der Waals surface area contributed by atoms with Gasteiger partial charge in [-0.1, -0.05) is 17.4 Å². The minimum Gasteiger partial charge on any atom is -0.389 e. The van der Waals surface area contributed by atoms with Crippen LogP contribution in [-0.4, -0.2) is 46.2 Å². The molecule has 3 aromatic rings. The SMILES string of the molecule is Cn1ncc(NC(=O)c2nc(-c3c(F)cccc3F)sc2N)c1N1CCNCCC1=O. The fourth-order valence-electron chi connectivity index (χ4n) is 3.32. The summed E-state index contributed by atoms with van der Waals surface area (Å²) in [7, 11) is 1.66. The van der Waals surface area contributed by atoms with Crippen LogP contribution >= 0.6 is 11.3 Å². The Bertz CT molecular complexity index is 1140. The molecular formula is C19H19F2N7O2S. The first-order chi connectivity index (χ1) is 14.9. The molecule has 3 heterocycles. The number of carbonyl (C=O) groups is 2. The molecule has 0 atom stereocenters. The molecule has 1 saturated heterocycles. The van der Waals surface area contributed by atoms with Gasteiger partial charge < -0.3 is 16.4 Å². The van der Waals surface area contributed by atoms with Crippen LogP contribution in [0.15, 0.2) is 24.4 Å². The Kier molecular flexibility index (Phi) is 5.65. The maximum atomic E-state index is 14.1. The molecule has 0 unspecified atom stereocenters. The number of benzene rings is 1. The highest BCUT2D eigenvalue weighted by Gasteiger charge is 2.27. The van der Waals surface area contributed by atoms with Crippen LogP contribution in [0.4, 0.5) is 25.3 Å². The monoisotopic (exact) mass is 447 g/mol. The van der Waals surface area contributed by atoms with E-state index in [1.54, 1.807) is 11.9 Å². The molecule has 4 rings (SSSR count). The number of anilines is 3. The van der Waals surface area contributed by atoms with E-state index in [-0.39, 0.29) is 27.2 Å². The van der Waals surface area contributed by atoms with Crippen molar-refractivity contribution in [3.8, 4) is 10.6 Å². The maximum Gasteiger partial charge on any atom is 0.277 e. The number of amides is 2. The normalized spacial score (nSPS) is 14.5. The van der Waals surface area contributed by atoms with E-state index >= 15 is 0 Å². The van der Waals surface area contributed by atoms with Gasteiger partial charge in [-0.25, -0.2) is 13.8 Å². The van der Waals surface area contributed by atoms with Crippen molar-refractivity contribution in [1.82, 2.24) is 20.1 Å². The molecule has 4 N–H and O–H groups in total. The summed E-state index contributed by atoms with van der Waals surface area (Å²) in [5, 5.41) is 9.91. The number of nitrogen functional groups attached to an aromatic ring is 1. The number of halogens is 2. The number of aromatic nitrogens is 3. The highest BCUT2D eigenvalue weighted by molar-refractivity contribution is 7.19. The first-order valence-corrected chi connectivity index (χ1v) is 10.2. The van der Waals surface area contributed by atoms with Gasteiger partial charge in [0.05, 0.1) is 11.8 Å². The minimum absolute atomic E-state index is 0.00985. The molecule has 1 fully saturated rings. The lowest BCUT2D eigenvalue weighted by molar-refractivity contribution is -0.118. The van der Waals surface area contributed by atoms with Crippen molar-refractivity contribution < 1.29 is 18.4 Å². The molecule has 31 heavy (non-hydrogen) atoms. The van der Waals surface area contributed by atoms with Crippen molar-refractivity contribution in [1.29, 1.82) is 0 Å². The van der Waals surface area contributed by atoms with E-state index in [1.807, 2.05) is 0 Å². The highest BCUT2D eigenvalue weighted by Crippen LogP contribution is 2.34. The van der Waals surface area contributed by atoms with Crippen LogP contribution in [-0.2, 0) is 11.8 Å². The summed E-state index contributed by atoms with van der Waals surface area (Å²) >= 11 is 0.808. The van der Waals surface area contributed by atoms with Gasteiger partial charge in [0.25, 0.3) is 5.91 Å². The predicted molar refractivity (Wildman–Crippen MR) is 113 cm³/mol. The smallest absolute Gasteiger partial charge is 0.277 e. The molecule has 0 aliphatic carbocycles. The molecule has 2 amide bonds. The van der Waals surface area contributed by atoms with E-state index in [0.717, 1.165) is 23.5 Å². The highest BCUT2D eigenvalue weighted by atomic mass is 32.1. The lowest BCUT2D eigenvalue weighted by Gasteiger charge is -2.21. The molecule has 9 nitrogen and oxygen atoms in total. The van der Waals surface area contributed by atoms with Gasteiger partial charge in [-0.15, -0.1) is 0 Å². The fraction of sp³-hybridized carbons (Fsp3) is 0.263. The summed E-state index contributed by atoms with van der Waals surface area (Å²) in [6.07, 6.45) is 1.73. The summed E-state index contributed by atoms with van der Waals surface area (Å²) in [5.41, 5.74) is 5.71. The molecule has 0 radical (unpaired) electrons. The van der Waals surface area contributed by atoms with Crippen molar-refractivity contribution >= 4 is 39.7 Å². The molecule has 162 valence electrons. The predicted octanol–water partition coefficient (Wildman–Crippen LogP) is 1.98. The summed E-state index contributed by atoms with van der Waals surface area (Å²) < 4.78 is 29.7. The lowest BCUT2D eigenvalue weighted by Crippen LogP contribution is -2.34. The second kappa shape index (κ2) is 8.40. The maximum absolute atomic E-state index is 14.1. The van der Waals surface area contributed by atoms with E-state index < -0.39 is 17.5 Å². The van der Waals surface area contributed by atoms with Crippen LogP contribution in [0.25, 0.3) is 10.6 Å². The van der Waals surface area contributed by atoms with Gasteiger partial charge in [-0.3, -0.25) is 19.2 Å². The average Bonchev–Trinajstić information content (AvgIpc) is 3.19. The van der Waals surface area contributed by atoms with Crippen LogP contribution in [0.2, 0.25) is 0 Å². The number of nitrogens with one attached hydrogen (secondary N) is 2. The molecule has 1 aliphatic heterocycles. The third kappa shape index (κ3) is 3.99. The number of hydrogen-bond donors (Lipinski definition) is 3. The van der Waals surface area contributed by atoms with Gasteiger partial charge in [0.15, 0.2) is 11.5 Å². The van der Waals surface area contributed by atoms with E-state index in [9.17, 15) is 18.4 Å². The van der Waals surface area contributed by atoms with Gasteiger partial charge in [0.1, 0.15) is 27.3 Å². The molecule has 1 aromatic carbocycles. The average molecular weight is 447 g/mol. The van der Waals surface area contributed by atoms with Gasteiger partial charge in [0, 0.05) is 33.1 Å². The summed E-state index contributed by atoms with van der Waals surface area (Å²) in [4.78, 5) is 30.9. The Morgan fingerprint density at radius 1 is 1.29 bits per heavy atom. The molecule has 12 heteroatoms. The number of thiazole rings is 1. The van der Waals surface area contributed by atoms with E-state index in [0.29, 0.717) is 37.6 Å². The molecule has 0 spiro atoms. The van der Waals surface area contributed by atoms with E-state index in [2.05, 4.69) is 20.7 Å². The first-order valence-electron chi connectivity index (χ1n) is 9.42. The minimum atomic E-state index is -0.802. The van der Waals surface area contributed by atoms with Crippen LogP contribution in [0.5, 0.6) is 0 Å². The second-order valence-electron chi connectivity index (χ2n) is 6.83. The zero-order valence-corrected chi connectivity index (χ0v) is 17.3. The van der Waals surface area contributed by atoms with Crippen molar-refractivity contribution in [2.75, 3.05) is 35.6 Å². The van der Waals surface area contributed by atoms with Crippen molar-refractivity contribution in [3.05, 3.63) is 41.7 Å². The van der Waals surface area contributed by atoms with Gasteiger partial charge >= 0.3 is 0 Å². The van der Waals surface area contributed by atoms with Crippen LogP contribution in [0, 0.1) is 11.6 Å². The molecule has 2 aromatic heterocycles. The largest absolute Gasteiger partial charge is 0.389 e. The van der Waals surface area contributed by atoms with Gasteiger partial charge in [-0.05, 0) is 12.1 Å². The van der Waals surface area contributed by atoms with Crippen LogP contribution < -0.4 is 21.3 Å². The molecular weight excluding hydrogens is 428 g/mol. The number of nitrogens with two attached hydrogens (primary N) is 1. The Labute approximate surface area is 179 Å². The summed E-state index contributed by atoms with van der Waals surface area (Å²) in [5.74, 6) is -1.95. The first kappa shape index (κ1) is 20.9. The Hall–Kier alpha value is -3.38. The quantitative estimate of drug-likeness (QED) is 0.563. The zero-order chi connectivity index (χ0) is 22.1. The third-order valence-electron chi connectivity index (χ3n) is 4.79. The van der Waals surface area contributed by atoms with E-state index in [1.165, 1.54) is 16.9 Å². The van der Waals surface area contributed by atoms with Crippen LogP contribution in [0.3, 0.4) is 0 Å². The van der Waals surface area contributed by atoms with Gasteiger partial charge in [0.2, 0.25) is 5.91 Å². The van der Waals surface area contributed by atoms with Gasteiger partial charge in [-0.2, -0.15) is 5.10 Å². The lowest BCUT2D eigenvalue weighted by atomic mass is 10.2. The van der Waals surface area contributed by atoms with Crippen molar-refractivity contribution in [2.24, 2.45) is 7.05 Å². The summed E-state index contributed by atoms with van der Waals surface area (Å²) in [6, 6.07) is 3.44. The number of aryl methyl sites for hydroxylation is 1. The number of rotatable bonds is 4. The number of carbonyl (C=O) groups excluding carboxylic acids is 2. The second-order valence-corrected chi connectivity index (χ2v) is 7.86. The van der Waals surface area contributed by atoms with E-state index in [4.69, 9.17) is 5.73 Å². The van der Waals surface area contributed by atoms with Crippen molar-refractivity contribution in [2.45, 2.75) is 6.42 Å². The summed E-state index contributed by atoms with van der Waals surface area (Å²) in [6.45, 7) is 1.58.